The predicted molar refractivity (Wildman–Crippen MR) is 92.0 cm³/mol. The van der Waals surface area contributed by atoms with Crippen LogP contribution in [0.25, 0.3) is 10.2 Å². The molecule has 0 aliphatic heterocycles. The molecule has 118 valence electrons. The van der Waals surface area contributed by atoms with E-state index in [1.807, 2.05) is 37.3 Å². The minimum absolute atomic E-state index is 0.0436. The first-order chi connectivity index (χ1) is 11.2. The molecule has 5 nitrogen and oxygen atoms in total. The van der Waals surface area contributed by atoms with E-state index in [9.17, 15) is 4.79 Å². The number of anilines is 1. The molecule has 0 spiro atoms. The highest BCUT2D eigenvalue weighted by Crippen LogP contribution is 2.29. The SMILES string of the molecule is CCOc1ccc2nc(NC(=O)CCc3cccnc3)sc2c1. The molecule has 0 atom stereocenters. The van der Waals surface area contributed by atoms with Gasteiger partial charge in [0.1, 0.15) is 5.75 Å². The molecule has 6 heteroatoms. The molecule has 3 rings (SSSR count). The fourth-order valence-electron chi connectivity index (χ4n) is 2.20. The van der Waals surface area contributed by atoms with Crippen LogP contribution in [0.15, 0.2) is 42.7 Å². The maximum absolute atomic E-state index is 12.0. The van der Waals surface area contributed by atoms with E-state index in [4.69, 9.17) is 4.74 Å². The smallest absolute Gasteiger partial charge is 0.226 e. The molecule has 2 heterocycles. The van der Waals surface area contributed by atoms with Crippen molar-refractivity contribution in [3.63, 3.8) is 0 Å². The number of carbonyl (C=O) groups excluding carboxylic acids is 1. The van der Waals surface area contributed by atoms with E-state index >= 15 is 0 Å². The van der Waals surface area contributed by atoms with Crippen LogP contribution in [-0.4, -0.2) is 22.5 Å². The molecule has 3 aromatic rings. The predicted octanol–water partition coefficient (Wildman–Crippen LogP) is 3.66. The van der Waals surface area contributed by atoms with E-state index in [0.717, 1.165) is 21.5 Å². The number of hydrogen-bond acceptors (Lipinski definition) is 5. The fourth-order valence-corrected chi connectivity index (χ4v) is 3.11. The van der Waals surface area contributed by atoms with E-state index in [0.29, 0.717) is 24.6 Å². The Bertz CT molecular complexity index is 802. The zero-order valence-electron chi connectivity index (χ0n) is 12.8. The lowest BCUT2D eigenvalue weighted by Gasteiger charge is -2.01. The second-order valence-electron chi connectivity index (χ2n) is 4.99. The molecule has 0 bridgehead atoms. The van der Waals surface area contributed by atoms with Crippen molar-refractivity contribution in [2.24, 2.45) is 0 Å². The van der Waals surface area contributed by atoms with Crippen molar-refractivity contribution < 1.29 is 9.53 Å². The van der Waals surface area contributed by atoms with Crippen molar-refractivity contribution in [1.82, 2.24) is 9.97 Å². The van der Waals surface area contributed by atoms with Gasteiger partial charge >= 0.3 is 0 Å². The highest BCUT2D eigenvalue weighted by molar-refractivity contribution is 7.22. The van der Waals surface area contributed by atoms with Gasteiger partial charge in [0.25, 0.3) is 0 Å². The summed E-state index contributed by atoms with van der Waals surface area (Å²) < 4.78 is 6.48. The van der Waals surface area contributed by atoms with E-state index in [1.54, 1.807) is 12.4 Å². The zero-order valence-corrected chi connectivity index (χ0v) is 13.6. The first-order valence-corrected chi connectivity index (χ1v) is 8.28. The number of rotatable bonds is 6. The van der Waals surface area contributed by atoms with Crippen molar-refractivity contribution in [1.29, 1.82) is 0 Å². The summed E-state index contributed by atoms with van der Waals surface area (Å²) in [6, 6.07) is 9.58. The number of amides is 1. The summed E-state index contributed by atoms with van der Waals surface area (Å²) in [6.07, 6.45) is 4.58. The summed E-state index contributed by atoms with van der Waals surface area (Å²) >= 11 is 1.45. The van der Waals surface area contributed by atoms with Gasteiger partial charge in [-0.1, -0.05) is 17.4 Å². The molecule has 0 saturated heterocycles. The normalized spacial score (nSPS) is 10.7. The third kappa shape index (κ3) is 4.04. The Balaban J connectivity index is 1.63. The summed E-state index contributed by atoms with van der Waals surface area (Å²) in [7, 11) is 0. The Hall–Kier alpha value is -2.47. The standard InChI is InChI=1S/C17H17N3O2S/c1-2-22-13-6-7-14-15(10-13)23-17(19-14)20-16(21)8-5-12-4-3-9-18-11-12/h3-4,6-7,9-11H,2,5,8H2,1H3,(H,19,20,21). The van der Waals surface area contributed by atoms with Gasteiger partial charge in [0, 0.05) is 18.8 Å². The minimum Gasteiger partial charge on any atom is -0.494 e. The Labute approximate surface area is 138 Å². The van der Waals surface area contributed by atoms with Crippen LogP contribution in [0.1, 0.15) is 18.9 Å². The lowest BCUT2D eigenvalue weighted by molar-refractivity contribution is -0.116. The Morgan fingerprint density at radius 3 is 3.04 bits per heavy atom. The summed E-state index contributed by atoms with van der Waals surface area (Å²) in [5.74, 6) is 0.774. The third-order valence-electron chi connectivity index (χ3n) is 3.28. The van der Waals surface area contributed by atoms with E-state index in [1.165, 1.54) is 11.3 Å². The van der Waals surface area contributed by atoms with Crippen LogP contribution in [-0.2, 0) is 11.2 Å². The minimum atomic E-state index is -0.0436. The molecule has 1 aromatic carbocycles. The fraction of sp³-hybridized carbons (Fsp3) is 0.235. The molecule has 1 amide bonds. The molecule has 0 fully saturated rings. The number of aryl methyl sites for hydroxylation is 1. The molecule has 0 unspecified atom stereocenters. The van der Waals surface area contributed by atoms with Gasteiger partial charge in [-0.3, -0.25) is 9.78 Å². The lowest BCUT2D eigenvalue weighted by Crippen LogP contribution is -2.12. The Morgan fingerprint density at radius 2 is 2.26 bits per heavy atom. The summed E-state index contributed by atoms with van der Waals surface area (Å²) in [5, 5.41) is 3.48. The van der Waals surface area contributed by atoms with Crippen LogP contribution >= 0.6 is 11.3 Å². The molecule has 2 aromatic heterocycles. The average Bonchev–Trinajstić information content (AvgIpc) is 2.95. The summed E-state index contributed by atoms with van der Waals surface area (Å²) in [5.41, 5.74) is 1.91. The first kappa shape index (κ1) is 15.4. The van der Waals surface area contributed by atoms with E-state index < -0.39 is 0 Å². The topological polar surface area (TPSA) is 64.1 Å². The summed E-state index contributed by atoms with van der Waals surface area (Å²) in [6.45, 7) is 2.58. The number of ether oxygens (including phenoxy) is 1. The van der Waals surface area contributed by atoms with Gasteiger partial charge in [-0.05, 0) is 43.2 Å². The van der Waals surface area contributed by atoms with Gasteiger partial charge in [-0.2, -0.15) is 0 Å². The molecule has 0 radical (unpaired) electrons. The number of aromatic nitrogens is 2. The highest BCUT2D eigenvalue weighted by atomic mass is 32.1. The van der Waals surface area contributed by atoms with Crippen molar-refractivity contribution in [2.45, 2.75) is 19.8 Å². The summed E-state index contributed by atoms with van der Waals surface area (Å²) in [4.78, 5) is 20.5. The number of nitrogens with zero attached hydrogens (tertiary/aromatic N) is 2. The third-order valence-corrected chi connectivity index (χ3v) is 4.21. The Kier molecular flexibility index (Phi) is 4.83. The highest BCUT2D eigenvalue weighted by Gasteiger charge is 2.09. The largest absolute Gasteiger partial charge is 0.494 e. The van der Waals surface area contributed by atoms with Crippen molar-refractivity contribution in [3.05, 3.63) is 48.3 Å². The molecule has 1 N–H and O–H groups in total. The Morgan fingerprint density at radius 1 is 1.35 bits per heavy atom. The number of hydrogen-bond donors (Lipinski definition) is 1. The van der Waals surface area contributed by atoms with Crippen molar-refractivity contribution in [3.8, 4) is 5.75 Å². The molecule has 0 aliphatic rings. The van der Waals surface area contributed by atoms with E-state index in [2.05, 4.69) is 15.3 Å². The van der Waals surface area contributed by atoms with Gasteiger partial charge in [-0.15, -0.1) is 0 Å². The molecule has 0 aliphatic carbocycles. The maximum atomic E-state index is 12.0. The van der Waals surface area contributed by atoms with Crippen LogP contribution in [0, 0.1) is 0 Å². The van der Waals surface area contributed by atoms with E-state index in [-0.39, 0.29) is 5.91 Å². The second kappa shape index (κ2) is 7.19. The van der Waals surface area contributed by atoms with Gasteiger partial charge in [0.15, 0.2) is 5.13 Å². The zero-order chi connectivity index (χ0) is 16.1. The number of thiazole rings is 1. The molecular formula is C17H17N3O2S. The molecule has 0 saturated carbocycles. The van der Waals surface area contributed by atoms with Gasteiger partial charge in [-0.25, -0.2) is 4.98 Å². The van der Waals surface area contributed by atoms with Gasteiger partial charge in [0.05, 0.1) is 16.8 Å². The lowest BCUT2D eigenvalue weighted by atomic mass is 10.1. The van der Waals surface area contributed by atoms with Crippen molar-refractivity contribution >= 4 is 32.6 Å². The average molecular weight is 327 g/mol. The number of carbonyl (C=O) groups is 1. The number of benzene rings is 1. The monoisotopic (exact) mass is 327 g/mol. The first-order valence-electron chi connectivity index (χ1n) is 7.47. The van der Waals surface area contributed by atoms with Crippen LogP contribution in [0.5, 0.6) is 5.75 Å². The second-order valence-corrected chi connectivity index (χ2v) is 6.02. The number of pyridine rings is 1. The van der Waals surface area contributed by atoms with Crippen LogP contribution in [0.2, 0.25) is 0 Å². The van der Waals surface area contributed by atoms with Crippen molar-refractivity contribution in [2.75, 3.05) is 11.9 Å². The number of nitrogens with one attached hydrogen (secondary N) is 1. The van der Waals surface area contributed by atoms with Gasteiger partial charge in [0.2, 0.25) is 5.91 Å². The quantitative estimate of drug-likeness (QED) is 0.750. The maximum Gasteiger partial charge on any atom is 0.226 e. The van der Waals surface area contributed by atoms with Crippen LogP contribution in [0.4, 0.5) is 5.13 Å². The molecule has 23 heavy (non-hydrogen) atoms. The van der Waals surface area contributed by atoms with Crippen LogP contribution < -0.4 is 10.1 Å². The van der Waals surface area contributed by atoms with Crippen LogP contribution in [0.3, 0.4) is 0 Å². The van der Waals surface area contributed by atoms with Gasteiger partial charge < -0.3 is 10.1 Å². The number of fused-ring (bicyclic) bond motifs is 1. The molecular weight excluding hydrogens is 310 g/mol.